The van der Waals surface area contributed by atoms with Crippen molar-refractivity contribution in [2.75, 3.05) is 6.54 Å². The zero-order valence-corrected chi connectivity index (χ0v) is 12.1. The van der Waals surface area contributed by atoms with Gasteiger partial charge >= 0.3 is 0 Å². The molecule has 2 aromatic rings. The van der Waals surface area contributed by atoms with Crippen LogP contribution in [-0.2, 0) is 6.54 Å². The maximum Gasteiger partial charge on any atom is 0.0568 e. The second kappa shape index (κ2) is 6.53. The Kier molecular flexibility index (Phi) is 4.74. The Morgan fingerprint density at radius 3 is 2.37 bits per heavy atom. The van der Waals surface area contributed by atoms with Crippen LogP contribution in [-0.4, -0.2) is 16.3 Å². The van der Waals surface area contributed by atoms with Gasteiger partial charge in [0, 0.05) is 24.3 Å². The van der Waals surface area contributed by atoms with E-state index in [0.29, 0.717) is 6.04 Å². The zero-order valence-electron chi connectivity index (χ0n) is 12.1. The number of benzene rings is 1. The van der Waals surface area contributed by atoms with Gasteiger partial charge in [-0.05, 0) is 31.0 Å². The molecule has 0 aliphatic heterocycles. The molecule has 102 valence electrons. The van der Waals surface area contributed by atoms with Crippen molar-refractivity contribution in [2.45, 2.75) is 39.8 Å². The van der Waals surface area contributed by atoms with E-state index in [4.69, 9.17) is 0 Å². The zero-order chi connectivity index (χ0) is 13.7. The van der Waals surface area contributed by atoms with Gasteiger partial charge in [-0.2, -0.15) is 5.10 Å². The first kappa shape index (κ1) is 13.8. The molecule has 1 aromatic carbocycles. The molecular weight excluding hydrogens is 234 g/mol. The highest BCUT2D eigenvalue weighted by Crippen LogP contribution is 2.22. The van der Waals surface area contributed by atoms with Gasteiger partial charge in [0.25, 0.3) is 0 Å². The third kappa shape index (κ3) is 3.24. The van der Waals surface area contributed by atoms with Crippen LogP contribution in [0.5, 0.6) is 0 Å². The van der Waals surface area contributed by atoms with Crippen LogP contribution in [0.2, 0.25) is 0 Å². The number of hydrogen-bond donors (Lipinski definition) is 1. The van der Waals surface area contributed by atoms with E-state index in [-0.39, 0.29) is 0 Å². The van der Waals surface area contributed by atoms with Crippen molar-refractivity contribution in [3.63, 3.8) is 0 Å². The lowest BCUT2D eigenvalue weighted by molar-refractivity contribution is 0.537. The van der Waals surface area contributed by atoms with Crippen molar-refractivity contribution in [2.24, 2.45) is 0 Å². The average molecular weight is 257 g/mol. The van der Waals surface area contributed by atoms with Crippen molar-refractivity contribution in [1.29, 1.82) is 0 Å². The summed E-state index contributed by atoms with van der Waals surface area (Å²) in [6.45, 7) is 8.38. The minimum Gasteiger partial charge on any atom is -0.310 e. The molecule has 0 saturated heterocycles. The molecule has 19 heavy (non-hydrogen) atoms. The number of hydrogen-bond acceptors (Lipinski definition) is 2. The predicted octanol–water partition coefficient (Wildman–Crippen LogP) is 3.63. The Hall–Kier alpha value is -1.61. The lowest BCUT2D eigenvalue weighted by atomic mass is 10.0. The predicted molar refractivity (Wildman–Crippen MR) is 80.0 cm³/mol. The van der Waals surface area contributed by atoms with E-state index in [2.05, 4.69) is 61.6 Å². The summed E-state index contributed by atoms with van der Waals surface area (Å²) < 4.78 is 1.96. The van der Waals surface area contributed by atoms with E-state index in [1.54, 1.807) is 0 Å². The molecule has 1 N–H and O–H groups in total. The summed E-state index contributed by atoms with van der Waals surface area (Å²) >= 11 is 0. The molecule has 0 amide bonds. The summed E-state index contributed by atoms with van der Waals surface area (Å²) in [6.07, 6.45) is 5.14. The molecule has 0 aliphatic rings. The van der Waals surface area contributed by atoms with Crippen LogP contribution in [0, 0.1) is 0 Å². The van der Waals surface area contributed by atoms with Crippen LogP contribution >= 0.6 is 0 Å². The molecule has 0 fully saturated rings. The van der Waals surface area contributed by atoms with E-state index < -0.39 is 0 Å². The monoisotopic (exact) mass is 257 g/mol. The van der Waals surface area contributed by atoms with Gasteiger partial charge in [0.15, 0.2) is 0 Å². The van der Waals surface area contributed by atoms with Crippen LogP contribution in [0.3, 0.4) is 0 Å². The number of nitrogens with one attached hydrogen (secondary N) is 1. The fraction of sp³-hybridized carbons (Fsp3) is 0.438. The minimum absolute atomic E-state index is 0.456. The van der Waals surface area contributed by atoms with Crippen LogP contribution in [0.1, 0.15) is 38.8 Å². The van der Waals surface area contributed by atoms with Crippen LogP contribution < -0.4 is 5.32 Å². The Bertz CT molecular complexity index is 499. The number of nitrogens with zero attached hydrogens (tertiary/aromatic N) is 2. The molecule has 0 saturated carbocycles. The molecule has 0 spiro atoms. The van der Waals surface area contributed by atoms with Gasteiger partial charge in [-0.15, -0.1) is 0 Å². The maximum absolute atomic E-state index is 4.32. The van der Waals surface area contributed by atoms with Crippen molar-refractivity contribution in [3.05, 3.63) is 42.2 Å². The summed E-state index contributed by atoms with van der Waals surface area (Å²) in [5.74, 6) is 0. The summed E-state index contributed by atoms with van der Waals surface area (Å²) in [5, 5.41) is 7.82. The van der Waals surface area contributed by atoms with E-state index in [0.717, 1.165) is 19.5 Å². The average Bonchev–Trinajstić information content (AvgIpc) is 2.94. The number of aromatic nitrogens is 2. The smallest absolute Gasteiger partial charge is 0.0568 e. The quantitative estimate of drug-likeness (QED) is 0.856. The summed E-state index contributed by atoms with van der Waals surface area (Å²) in [6, 6.07) is 9.27. The SMILES string of the molecule is CCNC(CC)c1ccc(-c2cnn(CC)c2)cc1. The lowest BCUT2D eigenvalue weighted by Crippen LogP contribution is -2.19. The van der Waals surface area contributed by atoms with Crippen molar-refractivity contribution in [3.8, 4) is 11.1 Å². The first-order chi connectivity index (χ1) is 9.28. The van der Waals surface area contributed by atoms with E-state index in [1.807, 2.05) is 10.9 Å². The highest BCUT2D eigenvalue weighted by atomic mass is 15.3. The third-order valence-corrected chi connectivity index (χ3v) is 3.46. The fourth-order valence-corrected chi connectivity index (χ4v) is 2.34. The Morgan fingerprint density at radius 2 is 1.84 bits per heavy atom. The van der Waals surface area contributed by atoms with E-state index >= 15 is 0 Å². The standard InChI is InChI=1S/C16H23N3/c1-4-16(17-5-2)14-9-7-13(8-10-14)15-11-18-19(6-3)12-15/h7-12,16-17H,4-6H2,1-3H3. The molecule has 3 nitrogen and oxygen atoms in total. The van der Waals surface area contributed by atoms with Gasteiger partial charge in [-0.3, -0.25) is 4.68 Å². The van der Waals surface area contributed by atoms with Crippen LogP contribution in [0.15, 0.2) is 36.7 Å². The topological polar surface area (TPSA) is 29.9 Å². The second-order valence-electron chi connectivity index (χ2n) is 4.73. The molecule has 2 rings (SSSR count). The molecular formula is C16H23N3. The van der Waals surface area contributed by atoms with E-state index in [1.165, 1.54) is 16.7 Å². The molecule has 0 aliphatic carbocycles. The van der Waals surface area contributed by atoms with Gasteiger partial charge in [0.2, 0.25) is 0 Å². The van der Waals surface area contributed by atoms with Gasteiger partial charge in [0.05, 0.1) is 6.20 Å². The molecule has 1 unspecified atom stereocenters. The molecule has 3 heteroatoms. The molecule has 1 atom stereocenters. The Morgan fingerprint density at radius 1 is 1.11 bits per heavy atom. The molecule has 1 aromatic heterocycles. The summed E-state index contributed by atoms with van der Waals surface area (Å²) in [4.78, 5) is 0. The maximum atomic E-state index is 4.32. The first-order valence-corrected chi connectivity index (χ1v) is 7.14. The second-order valence-corrected chi connectivity index (χ2v) is 4.73. The normalized spacial score (nSPS) is 12.6. The number of aryl methyl sites for hydroxylation is 1. The van der Waals surface area contributed by atoms with E-state index in [9.17, 15) is 0 Å². The fourth-order valence-electron chi connectivity index (χ4n) is 2.34. The highest BCUT2D eigenvalue weighted by molar-refractivity contribution is 5.62. The Balaban J connectivity index is 2.17. The highest BCUT2D eigenvalue weighted by Gasteiger charge is 2.08. The van der Waals surface area contributed by atoms with Crippen molar-refractivity contribution >= 4 is 0 Å². The van der Waals surface area contributed by atoms with Crippen LogP contribution in [0.25, 0.3) is 11.1 Å². The Labute approximate surface area is 115 Å². The third-order valence-electron chi connectivity index (χ3n) is 3.46. The van der Waals surface area contributed by atoms with Gasteiger partial charge in [-0.25, -0.2) is 0 Å². The largest absolute Gasteiger partial charge is 0.310 e. The van der Waals surface area contributed by atoms with Crippen molar-refractivity contribution in [1.82, 2.24) is 15.1 Å². The van der Waals surface area contributed by atoms with Crippen molar-refractivity contribution < 1.29 is 0 Å². The summed E-state index contributed by atoms with van der Waals surface area (Å²) in [5.41, 5.74) is 3.77. The minimum atomic E-state index is 0.456. The van der Waals surface area contributed by atoms with Crippen LogP contribution in [0.4, 0.5) is 0 Å². The van der Waals surface area contributed by atoms with Gasteiger partial charge in [-0.1, -0.05) is 38.1 Å². The first-order valence-electron chi connectivity index (χ1n) is 7.14. The van der Waals surface area contributed by atoms with Gasteiger partial charge < -0.3 is 5.32 Å². The lowest BCUT2D eigenvalue weighted by Gasteiger charge is -2.16. The number of rotatable bonds is 6. The molecule has 1 heterocycles. The summed E-state index contributed by atoms with van der Waals surface area (Å²) in [7, 11) is 0. The molecule has 0 radical (unpaired) electrons. The molecule has 0 bridgehead atoms. The van der Waals surface area contributed by atoms with Gasteiger partial charge in [0.1, 0.15) is 0 Å².